The van der Waals surface area contributed by atoms with Crippen molar-refractivity contribution in [2.45, 2.75) is 19.4 Å². The smallest absolute Gasteiger partial charge is 0.150 e. The van der Waals surface area contributed by atoms with Crippen LogP contribution < -0.4 is 11.5 Å². The van der Waals surface area contributed by atoms with Gasteiger partial charge in [-0.1, -0.05) is 24.3 Å². The Kier molecular flexibility index (Phi) is 3.80. The molecule has 1 atom stereocenters. The summed E-state index contributed by atoms with van der Waals surface area (Å²) < 4.78 is 0. The summed E-state index contributed by atoms with van der Waals surface area (Å²) in [5, 5.41) is 0. The van der Waals surface area contributed by atoms with Crippen molar-refractivity contribution in [1.82, 2.24) is 0 Å². The van der Waals surface area contributed by atoms with E-state index >= 15 is 0 Å². The lowest BCUT2D eigenvalue weighted by Crippen LogP contribution is -2.20. The van der Waals surface area contributed by atoms with Crippen LogP contribution in [0.1, 0.15) is 24.1 Å². The van der Waals surface area contributed by atoms with E-state index in [4.69, 9.17) is 11.5 Å². The molecule has 0 fully saturated rings. The molecule has 76 valence electrons. The number of carbonyl (C=O) groups is 1. The molecule has 0 amide bonds. The molecule has 4 N–H and O–H groups in total. The topological polar surface area (TPSA) is 69.1 Å². The fourth-order valence-corrected chi connectivity index (χ4v) is 1.44. The van der Waals surface area contributed by atoms with E-state index in [9.17, 15) is 4.79 Å². The maximum absolute atomic E-state index is 11.1. The molecule has 0 aliphatic carbocycles. The van der Waals surface area contributed by atoms with Gasteiger partial charge in [-0.2, -0.15) is 0 Å². The number of ketones is 1. The number of benzene rings is 1. The second-order valence-corrected chi connectivity index (χ2v) is 3.33. The first-order valence-electron chi connectivity index (χ1n) is 4.70. The van der Waals surface area contributed by atoms with Gasteiger partial charge in [-0.3, -0.25) is 4.79 Å². The van der Waals surface area contributed by atoms with Crippen LogP contribution in [0.15, 0.2) is 24.3 Å². The highest BCUT2D eigenvalue weighted by Gasteiger charge is 2.13. The maximum atomic E-state index is 11.1. The van der Waals surface area contributed by atoms with Crippen molar-refractivity contribution in [2.75, 3.05) is 6.54 Å². The predicted molar refractivity (Wildman–Crippen MR) is 56.8 cm³/mol. The van der Waals surface area contributed by atoms with Crippen molar-refractivity contribution in [2.24, 2.45) is 11.5 Å². The molecule has 0 heterocycles. The summed E-state index contributed by atoms with van der Waals surface area (Å²) >= 11 is 0. The third kappa shape index (κ3) is 2.40. The molecule has 1 aromatic rings. The van der Waals surface area contributed by atoms with Crippen LogP contribution in [0.4, 0.5) is 0 Å². The van der Waals surface area contributed by atoms with Gasteiger partial charge >= 0.3 is 0 Å². The molecule has 0 aromatic heterocycles. The first kappa shape index (κ1) is 10.9. The molecule has 0 aliphatic rings. The fourth-order valence-electron chi connectivity index (χ4n) is 1.44. The second-order valence-electron chi connectivity index (χ2n) is 3.33. The summed E-state index contributed by atoms with van der Waals surface area (Å²) in [6.07, 6.45) is 0.761. The summed E-state index contributed by atoms with van der Waals surface area (Å²) in [6.45, 7) is 2.07. The Labute approximate surface area is 84.1 Å². The van der Waals surface area contributed by atoms with E-state index in [2.05, 4.69) is 0 Å². The lowest BCUT2D eigenvalue weighted by atomic mass is 9.97. The highest BCUT2D eigenvalue weighted by molar-refractivity contribution is 5.83. The Bertz CT molecular complexity index is 323. The fraction of sp³-hybridized carbons (Fsp3) is 0.364. The van der Waals surface area contributed by atoms with E-state index in [1.807, 2.05) is 24.3 Å². The molecule has 1 unspecified atom stereocenters. The Balaban J connectivity index is 3.00. The van der Waals surface area contributed by atoms with Gasteiger partial charge in [-0.15, -0.1) is 0 Å². The minimum Gasteiger partial charge on any atom is -0.330 e. The van der Waals surface area contributed by atoms with Crippen LogP contribution >= 0.6 is 0 Å². The van der Waals surface area contributed by atoms with E-state index < -0.39 is 6.04 Å². The van der Waals surface area contributed by atoms with E-state index in [0.29, 0.717) is 6.54 Å². The molecule has 3 heteroatoms. The molecule has 0 spiro atoms. The van der Waals surface area contributed by atoms with Crippen LogP contribution in [-0.2, 0) is 11.2 Å². The van der Waals surface area contributed by atoms with Crippen LogP contribution in [0.25, 0.3) is 0 Å². The highest BCUT2D eigenvalue weighted by atomic mass is 16.1. The molecular formula is C11H16N2O. The average Bonchev–Trinajstić information content (AvgIpc) is 2.18. The quantitative estimate of drug-likeness (QED) is 0.740. The van der Waals surface area contributed by atoms with Crippen molar-refractivity contribution in [3.63, 3.8) is 0 Å². The number of rotatable bonds is 4. The lowest BCUT2D eigenvalue weighted by molar-refractivity contribution is -0.118. The molecule has 1 rings (SSSR count). The molecule has 1 aromatic carbocycles. The van der Waals surface area contributed by atoms with Crippen LogP contribution in [0.2, 0.25) is 0 Å². The van der Waals surface area contributed by atoms with Crippen molar-refractivity contribution in [3.05, 3.63) is 35.4 Å². The minimum absolute atomic E-state index is 0.0190. The summed E-state index contributed by atoms with van der Waals surface area (Å²) in [7, 11) is 0. The Morgan fingerprint density at radius 3 is 2.64 bits per heavy atom. The van der Waals surface area contributed by atoms with E-state index in [-0.39, 0.29) is 5.78 Å². The number of carbonyl (C=O) groups excluding carboxylic acids is 1. The predicted octanol–water partition coefficient (Wildman–Crippen LogP) is 0.777. The lowest BCUT2D eigenvalue weighted by Gasteiger charge is -2.13. The Morgan fingerprint density at radius 1 is 1.43 bits per heavy atom. The van der Waals surface area contributed by atoms with Gasteiger partial charge in [0.2, 0.25) is 0 Å². The molecule has 0 saturated heterocycles. The summed E-state index contributed by atoms with van der Waals surface area (Å²) in [5.41, 5.74) is 13.2. The summed E-state index contributed by atoms with van der Waals surface area (Å²) in [5.74, 6) is -0.0190. The van der Waals surface area contributed by atoms with E-state index in [1.54, 1.807) is 0 Å². The maximum Gasteiger partial charge on any atom is 0.150 e. The van der Waals surface area contributed by atoms with Crippen LogP contribution in [0.3, 0.4) is 0 Å². The molecule has 14 heavy (non-hydrogen) atoms. The van der Waals surface area contributed by atoms with Crippen LogP contribution in [0.5, 0.6) is 0 Å². The largest absolute Gasteiger partial charge is 0.330 e. The standard InChI is InChI=1S/C11H16N2O/c1-8(14)11(13)10-5-3-2-4-9(10)6-7-12/h2-5,11H,6-7,12-13H2,1H3. The molecule has 0 bridgehead atoms. The zero-order valence-corrected chi connectivity index (χ0v) is 8.36. The van der Waals surface area contributed by atoms with Crippen molar-refractivity contribution >= 4 is 5.78 Å². The normalized spacial score (nSPS) is 12.5. The number of hydrogen-bond acceptors (Lipinski definition) is 3. The third-order valence-corrected chi connectivity index (χ3v) is 2.24. The monoisotopic (exact) mass is 192 g/mol. The number of hydrogen-bond donors (Lipinski definition) is 2. The molecular weight excluding hydrogens is 176 g/mol. The number of nitrogens with two attached hydrogens (primary N) is 2. The molecule has 0 aliphatic heterocycles. The Hall–Kier alpha value is -1.19. The van der Waals surface area contributed by atoms with Crippen LogP contribution in [0, 0.1) is 0 Å². The van der Waals surface area contributed by atoms with Gasteiger partial charge in [0.05, 0.1) is 6.04 Å². The minimum atomic E-state index is -0.516. The van der Waals surface area contributed by atoms with Gasteiger partial charge in [-0.05, 0) is 31.0 Å². The van der Waals surface area contributed by atoms with Crippen molar-refractivity contribution in [3.8, 4) is 0 Å². The Morgan fingerprint density at radius 2 is 2.07 bits per heavy atom. The van der Waals surface area contributed by atoms with Crippen molar-refractivity contribution < 1.29 is 4.79 Å². The van der Waals surface area contributed by atoms with E-state index in [0.717, 1.165) is 17.5 Å². The van der Waals surface area contributed by atoms with Crippen LogP contribution in [-0.4, -0.2) is 12.3 Å². The molecule has 0 radical (unpaired) electrons. The summed E-state index contributed by atoms with van der Waals surface area (Å²) in [4.78, 5) is 11.1. The molecule has 0 saturated carbocycles. The zero-order chi connectivity index (χ0) is 10.6. The first-order valence-corrected chi connectivity index (χ1v) is 4.70. The third-order valence-electron chi connectivity index (χ3n) is 2.24. The average molecular weight is 192 g/mol. The highest BCUT2D eigenvalue weighted by Crippen LogP contribution is 2.16. The first-order chi connectivity index (χ1) is 6.66. The SMILES string of the molecule is CC(=O)C(N)c1ccccc1CCN. The van der Waals surface area contributed by atoms with Crippen molar-refractivity contribution in [1.29, 1.82) is 0 Å². The van der Waals surface area contributed by atoms with Gasteiger partial charge in [0.15, 0.2) is 5.78 Å². The van der Waals surface area contributed by atoms with Gasteiger partial charge in [0.25, 0.3) is 0 Å². The van der Waals surface area contributed by atoms with E-state index in [1.165, 1.54) is 6.92 Å². The van der Waals surface area contributed by atoms with Gasteiger partial charge in [-0.25, -0.2) is 0 Å². The zero-order valence-electron chi connectivity index (χ0n) is 8.36. The van der Waals surface area contributed by atoms with Gasteiger partial charge < -0.3 is 11.5 Å². The molecule has 3 nitrogen and oxygen atoms in total. The van der Waals surface area contributed by atoms with Gasteiger partial charge in [0, 0.05) is 0 Å². The van der Waals surface area contributed by atoms with Gasteiger partial charge in [0.1, 0.15) is 0 Å². The number of Topliss-reactive ketones (excluding diaryl/α,β-unsaturated/α-hetero) is 1. The summed E-state index contributed by atoms with van der Waals surface area (Å²) in [6, 6.07) is 7.15. The second kappa shape index (κ2) is 4.88.